The number of pyridine rings is 2. The minimum absolute atomic E-state index is 0.126. The average Bonchev–Trinajstić information content (AvgIpc) is 3.14. The quantitative estimate of drug-likeness (QED) is 0.533. The topological polar surface area (TPSA) is 73.6 Å². The van der Waals surface area contributed by atoms with Crippen molar-refractivity contribution in [1.29, 1.82) is 0 Å². The van der Waals surface area contributed by atoms with E-state index in [9.17, 15) is 14.3 Å². The first-order valence-electron chi connectivity index (χ1n) is 10.5. The molecule has 1 aliphatic carbocycles. The first kappa shape index (κ1) is 20.3. The van der Waals surface area contributed by atoms with E-state index in [-0.39, 0.29) is 24.6 Å². The molecule has 2 aromatic heterocycles. The number of aliphatic hydroxyl groups excluding tert-OH is 1. The number of rotatable bonds is 5. The zero-order valence-electron chi connectivity index (χ0n) is 17.9. The molecule has 1 N–H and O–H groups in total. The summed E-state index contributed by atoms with van der Waals surface area (Å²) in [6.45, 7) is 2.13. The lowest BCUT2D eigenvalue weighted by Crippen LogP contribution is -2.27. The molecule has 31 heavy (non-hydrogen) atoms. The lowest BCUT2D eigenvalue weighted by atomic mass is 9.85. The molecule has 0 amide bonds. The summed E-state index contributed by atoms with van der Waals surface area (Å²) in [6.07, 6.45) is 2.04. The Balaban J connectivity index is 1.82. The third-order valence-corrected chi connectivity index (χ3v) is 6.75. The summed E-state index contributed by atoms with van der Waals surface area (Å²) in [5.41, 5.74) is 6.88. The van der Waals surface area contributed by atoms with Crippen molar-refractivity contribution in [2.24, 2.45) is 0 Å². The van der Waals surface area contributed by atoms with Gasteiger partial charge in [-0.1, -0.05) is 0 Å². The van der Waals surface area contributed by atoms with E-state index in [1.54, 1.807) is 4.57 Å². The maximum Gasteiger partial charge on any atom is 0.257 e. The molecule has 1 aliphatic heterocycles. The fourth-order valence-corrected chi connectivity index (χ4v) is 5.20. The Morgan fingerprint density at radius 1 is 1.23 bits per heavy atom. The molecular weight excluding hydrogens is 399 g/mol. The largest absolute Gasteiger partial charge is 0.393 e. The van der Waals surface area contributed by atoms with E-state index in [1.165, 1.54) is 25.8 Å². The van der Waals surface area contributed by atoms with Crippen molar-refractivity contribution in [3.63, 3.8) is 0 Å². The Labute approximate surface area is 179 Å². The minimum Gasteiger partial charge on any atom is -0.393 e. The number of ether oxygens (including phenoxy) is 2. The summed E-state index contributed by atoms with van der Waals surface area (Å²) in [4.78, 5) is 18.3. The standard InChI is InChI=1S/C24H25FN2O4/c1-12-13-5-4-6-14-16-9-27-20(23(16)26-19(22(13)14)8-18(12)25)7-15(21(10-28)31-3)17(11-30-2)24(27)29/h7-8,21,28H,4-6,9-11H2,1-3H3. The SMILES string of the molecule is COCc1c(C(CO)OC)cc2n(c1=O)Cc1c-2nc2cc(F)c(C)c3c2c1CCC3. The molecule has 5 rings (SSSR count). The van der Waals surface area contributed by atoms with Gasteiger partial charge in [0.2, 0.25) is 0 Å². The summed E-state index contributed by atoms with van der Waals surface area (Å²) in [5.74, 6) is -0.242. The number of hydrogen-bond acceptors (Lipinski definition) is 5. The van der Waals surface area contributed by atoms with Crippen molar-refractivity contribution >= 4 is 10.9 Å². The first-order valence-corrected chi connectivity index (χ1v) is 10.5. The van der Waals surface area contributed by atoms with Crippen LogP contribution in [0, 0.1) is 12.7 Å². The van der Waals surface area contributed by atoms with Gasteiger partial charge < -0.3 is 19.1 Å². The Morgan fingerprint density at radius 2 is 2.00 bits per heavy atom. The monoisotopic (exact) mass is 424 g/mol. The zero-order valence-corrected chi connectivity index (χ0v) is 17.9. The molecule has 6 nitrogen and oxygen atoms in total. The molecule has 0 spiro atoms. The number of fused-ring (bicyclic) bond motifs is 4. The van der Waals surface area contributed by atoms with Gasteiger partial charge in [0, 0.05) is 36.8 Å². The van der Waals surface area contributed by atoms with Crippen LogP contribution in [0.2, 0.25) is 0 Å². The van der Waals surface area contributed by atoms with Crippen LogP contribution >= 0.6 is 0 Å². The molecule has 0 saturated heterocycles. The van der Waals surface area contributed by atoms with Gasteiger partial charge in [0.15, 0.2) is 0 Å². The third kappa shape index (κ3) is 2.87. The van der Waals surface area contributed by atoms with Crippen molar-refractivity contribution in [2.45, 2.75) is 45.4 Å². The molecule has 1 atom stereocenters. The van der Waals surface area contributed by atoms with E-state index in [0.29, 0.717) is 40.1 Å². The van der Waals surface area contributed by atoms with Gasteiger partial charge in [-0.05, 0) is 54.5 Å². The molecule has 1 unspecified atom stereocenters. The lowest BCUT2D eigenvalue weighted by molar-refractivity contribution is 0.0462. The van der Waals surface area contributed by atoms with Crippen LogP contribution in [0.5, 0.6) is 0 Å². The van der Waals surface area contributed by atoms with Crippen LogP contribution in [0.4, 0.5) is 4.39 Å². The van der Waals surface area contributed by atoms with Gasteiger partial charge in [-0.3, -0.25) is 4.79 Å². The molecule has 0 bridgehead atoms. The fourth-order valence-electron chi connectivity index (χ4n) is 5.20. The number of halogens is 1. The molecule has 0 saturated carbocycles. The maximum absolute atomic E-state index is 14.6. The van der Waals surface area contributed by atoms with Gasteiger partial charge in [-0.15, -0.1) is 0 Å². The molecule has 3 aromatic rings. The number of nitrogens with zero attached hydrogens (tertiary/aromatic N) is 2. The summed E-state index contributed by atoms with van der Waals surface area (Å²) >= 11 is 0. The highest BCUT2D eigenvalue weighted by molar-refractivity contribution is 5.92. The maximum atomic E-state index is 14.6. The van der Waals surface area contributed by atoms with Crippen LogP contribution < -0.4 is 5.56 Å². The van der Waals surface area contributed by atoms with Crippen LogP contribution in [0.15, 0.2) is 16.9 Å². The summed E-state index contributed by atoms with van der Waals surface area (Å²) in [5, 5.41) is 10.8. The molecule has 1 aromatic carbocycles. The first-order chi connectivity index (χ1) is 15.0. The van der Waals surface area contributed by atoms with Crippen molar-refractivity contribution in [2.75, 3.05) is 20.8 Å². The van der Waals surface area contributed by atoms with E-state index in [4.69, 9.17) is 14.5 Å². The Bertz CT molecular complexity index is 1280. The number of aromatic nitrogens is 2. The lowest BCUT2D eigenvalue weighted by Gasteiger charge is -2.22. The van der Waals surface area contributed by atoms with Crippen LogP contribution in [0.1, 0.15) is 45.9 Å². The molecule has 7 heteroatoms. The normalized spacial score (nSPS) is 15.3. The van der Waals surface area contributed by atoms with E-state index in [2.05, 4.69) is 0 Å². The van der Waals surface area contributed by atoms with Crippen molar-refractivity contribution in [1.82, 2.24) is 9.55 Å². The minimum atomic E-state index is -0.640. The highest BCUT2D eigenvalue weighted by Gasteiger charge is 2.31. The molecule has 162 valence electrons. The second-order valence-electron chi connectivity index (χ2n) is 8.32. The smallest absolute Gasteiger partial charge is 0.257 e. The molecule has 0 radical (unpaired) electrons. The number of aryl methyl sites for hydroxylation is 2. The second kappa shape index (κ2) is 7.51. The summed E-state index contributed by atoms with van der Waals surface area (Å²) in [7, 11) is 3.03. The third-order valence-electron chi connectivity index (χ3n) is 6.75. The molecule has 0 fully saturated rings. The summed E-state index contributed by atoms with van der Waals surface area (Å²) < 4.78 is 27.0. The van der Waals surface area contributed by atoms with E-state index in [1.807, 2.05) is 13.0 Å². The fraction of sp³-hybridized carbons (Fsp3) is 0.417. The van der Waals surface area contributed by atoms with Crippen LogP contribution in [-0.2, 0) is 35.5 Å². The highest BCUT2D eigenvalue weighted by atomic mass is 19.1. The number of benzene rings is 1. The van der Waals surface area contributed by atoms with E-state index in [0.717, 1.165) is 35.8 Å². The molecular formula is C24H25FN2O4. The van der Waals surface area contributed by atoms with Gasteiger partial charge in [-0.25, -0.2) is 9.37 Å². The van der Waals surface area contributed by atoms with Crippen LogP contribution in [0.3, 0.4) is 0 Å². The Kier molecular flexibility index (Phi) is 4.92. The Morgan fingerprint density at radius 3 is 2.71 bits per heavy atom. The number of hydrogen-bond donors (Lipinski definition) is 1. The van der Waals surface area contributed by atoms with Gasteiger partial charge in [0.25, 0.3) is 5.56 Å². The molecule has 3 heterocycles. The second-order valence-corrected chi connectivity index (χ2v) is 8.32. The zero-order chi connectivity index (χ0) is 21.9. The van der Waals surface area contributed by atoms with Gasteiger partial charge in [-0.2, -0.15) is 0 Å². The van der Waals surface area contributed by atoms with Crippen molar-refractivity contribution in [3.8, 4) is 11.4 Å². The van der Waals surface area contributed by atoms with Gasteiger partial charge >= 0.3 is 0 Å². The predicted octanol–water partition coefficient (Wildman–Crippen LogP) is 3.19. The number of methoxy groups -OCH3 is 2. The highest BCUT2D eigenvalue weighted by Crippen LogP contribution is 2.41. The van der Waals surface area contributed by atoms with E-state index < -0.39 is 6.10 Å². The summed E-state index contributed by atoms with van der Waals surface area (Å²) in [6, 6.07) is 3.38. The van der Waals surface area contributed by atoms with E-state index >= 15 is 0 Å². The van der Waals surface area contributed by atoms with Crippen LogP contribution in [0.25, 0.3) is 22.3 Å². The Hall–Kier alpha value is -2.61. The van der Waals surface area contributed by atoms with Gasteiger partial charge in [0.05, 0.1) is 36.7 Å². The van der Waals surface area contributed by atoms with Crippen molar-refractivity contribution in [3.05, 3.63) is 61.7 Å². The average molecular weight is 424 g/mol. The van der Waals surface area contributed by atoms with Crippen LogP contribution in [-0.4, -0.2) is 35.5 Å². The number of aliphatic hydroxyl groups is 1. The molecule has 2 aliphatic rings. The predicted molar refractivity (Wildman–Crippen MR) is 115 cm³/mol. The van der Waals surface area contributed by atoms with Gasteiger partial charge in [0.1, 0.15) is 11.9 Å². The van der Waals surface area contributed by atoms with Crippen molar-refractivity contribution < 1.29 is 19.0 Å².